The van der Waals surface area contributed by atoms with Crippen LogP contribution in [0.1, 0.15) is 48.0 Å². The molecule has 1 fully saturated rings. The van der Waals surface area contributed by atoms with Gasteiger partial charge in [0.15, 0.2) is 0 Å². The van der Waals surface area contributed by atoms with Gasteiger partial charge in [-0.1, -0.05) is 34.1 Å². The van der Waals surface area contributed by atoms with Crippen molar-refractivity contribution in [3.8, 4) is 0 Å². The van der Waals surface area contributed by atoms with Crippen LogP contribution in [0.2, 0.25) is 0 Å². The van der Waals surface area contributed by atoms with Crippen LogP contribution in [0.3, 0.4) is 0 Å². The zero-order valence-electron chi connectivity index (χ0n) is 13.8. The van der Waals surface area contributed by atoms with Crippen molar-refractivity contribution in [2.45, 2.75) is 66.1 Å². The van der Waals surface area contributed by atoms with E-state index < -0.39 is 0 Å². The van der Waals surface area contributed by atoms with Crippen LogP contribution in [0.5, 0.6) is 0 Å². The van der Waals surface area contributed by atoms with Crippen molar-refractivity contribution in [3.63, 3.8) is 0 Å². The fourth-order valence-electron chi connectivity index (χ4n) is 2.99. The molecular weight excluding hydrogens is 236 g/mol. The van der Waals surface area contributed by atoms with E-state index in [4.69, 9.17) is 4.74 Å². The van der Waals surface area contributed by atoms with Crippen LogP contribution in [0.25, 0.3) is 0 Å². The molecule has 0 aliphatic carbocycles. The van der Waals surface area contributed by atoms with Crippen LogP contribution in [0.4, 0.5) is 0 Å². The summed E-state index contributed by atoms with van der Waals surface area (Å²) in [6, 6.07) is 1.78. The molecule has 0 radical (unpaired) electrons. The Morgan fingerprint density at radius 2 is 1.89 bits per heavy atom. The van der Waals surface area contributed by atoms with Crippen molar-refractivity contribution in [1.29, 1.82) is 0 Å². The van der Waals surface area contributed by atoms with Crippen molar-refractivity contribution < 1.29 is 4.74 Å². The number of piperazine rings is 1. The third-order valence-corrected chi connectivity index (χ3v) is 4.65. The molecule has 1 rings (SSSR count). The van der Waals surface area contributed by atoms with Gasteiger partial charge in [-0.05, 0) is 25.7 Å². The summed E-state index contributed by atoms with van der Waals surface area (Å²) in [6.07, 6.45) is 1.25. The molecule has 1 saturated heterocycles. The van der Waals surface area contributed by atoms with E-state index in [1.807, 2.05) is 0 Å². The molecule has 0 bridgehead atoms. The topological polar surface area (TPSA) is 24.5 Å². The SMILES string of the molecule is CCOCC(C)N1CC(C(C)CC)NCC1C(C)C. The first-order valence-corrected chi connectivity index (χ1v) is 8.08. The van der Waals surface area contributed by atoms with Gasteiger partial charge in [0.05, 0.1) is 6.61 Å². The number of nitrogens with one attached hydrogen (secondary N) is 1. The third kappa shape index (κ3) is 4.73. The third-order valence-electron chi connectivity index (χ3n) is 4.65. The minimum atomic E-state index is 0.515. The molecule has 0 aromatic heterocycles. The average Bonchev–Trinajstić information content (AvgIpc) is 2.42. The Morgan fingerprint density at radius 3 is 2.42 bits per heavy atom. The molecule has 3 nitrogen and oxygen atoms in total. The summed E-state index contributed by atoms with van der Waals surface area (Å²) in [6.45, 7) is 17.6. The van der Waals surface area contributed by atoms with E-state index in [0.717, 1.165) is 32.2 Å². The minimum Gasteiger partial charge on any atom is -0.380 e. The quantitative estimate of drug-likeness (QED) is 0.770. The first-order chi connectivity index (χ1) is 9.01. The molecular formula is C16H34N2O. The van der Waals surface area contributed by atoms with E-state index >= 15 is 0 Å². The Labute approximate surface area is 120 Å². The standard InChI is InChI=1S/C16H34N2O/c1-7-13(5)15-10-18(14(6)11-19-8-2)16(9-17-15)12(3)4/h12-17H,7-11H2,1-6H3. The van der Waals surface area contributed by atoms with Gasteiger partial charge in [0, 0.05) is 37.8 Å². The molecule has 114 valence electrons. The van der Waals surface area contributed by atoms with Crippen molar-refractivity contribution in [2.24, 2.45) is 11.8 Å². The maximum atomic E-state index is 5.64. The fourth-order valence-corrected chi connectivity index (χ4v) is 2.99. The highest BCUT2D eigenvalue weighted by molar-refractivity contribution is 4.91. The lowest BCUT2D eigenvalue weighted by molar-refractivity contribution is 0.00680. The number of rotatable bonds is 7. The van der Waals surface area contributed by atoms with E-state index in [1.165, 1.54) is 6.42 Å². The summed E-state index contributed by atoms with van der Waals surface area (Å²) in [4.78, 5) is 2.67. The highest BCUT2D eigenvalue weighted by Crippen LogP contribution is 2.22. The van der Waals surface area contributed by atoms with E-state index in [1.54, 1.807) is 0 Å². The molecule has 3 heteroatoms. The lowest BCUT2D eigenvalue weighted by Crippen LogP contribution is -2.62. The van der Waals surface area contributed by atoms with Gasteiger partial charge in [0.2, 0.25) is 0 Å². The fraction of sp³-hybridized carbons (Fsp3) is 1.00. The molecule has 4 atom stereocenters. The maximum Gasteiger partial charge on any atom is 0.0619 e. The Morgan fingerprint density at radius 1 is 1.21 bits per heavy atom. The van der Waals surface area contributed by atoms with Gasteiger partial charge in [-0.15, -0.1) is 0 Å². The molecule has 0 saturated carbocycles. The van der Waals surface area contributed by atoms with E-state index in [9.17, 15) is 0 Å². The van der Waals surface area contributed by atoms with Crippen LogP contribution >= 0.6 is 0 Å². The van der Waals surface area contributed by atoms with Crippen molar-refractivity contribution in [2.75, 3.05) is 26.3 Å². The van der Waals surface area contributed by atoms with Crippen molar-refractivity contribution in [1.82, 2.24) is 10.2 Å². The molecule has 1 aliphatic rings. The van der Waals surface area contributed by atoms with Crippen molar-refractivity contribution in [3.05, 3.63) is 0 Å². The van der Waals surface area contributed by atoms with Gasteiger partial charge in [0.25, 0.3) is 0 Å². The summed E-state index contributed by atoms with van der Waals surface area (Å²) < 4.78 is 5.64. The van der Waals surface area contributed by atoms with Crippen LogP contribution in [-0.2, 0) is 4.74 Å². The van der Waals surface area contributed by atoms with Crippen LogP contribution in [-0.4, -0.2) is 49.3 Å². The Balaban J connectivity index is 2.67. The second kappa shape index (κ2) is 8.23. The van der Waals surface area contributed by atoms with E-state index in [2.05, 4.69) is 51.8 Å². The first-order valence-electron chi connectivity index (χ1n) is 8.08. The zero-order chi connectivity index (χ0) is 14.4. The summed E-state index contributed by atoms with van der Waals surface area (Å²) in [7, 11) is 0. The van der Waals surface area contributed by atoms with Crippen LogP contribution < -0.4 is 5.32 Å². The molecule has 1 aliphatic heterocycles. The summed E-state index contributed by atoms with van der Waals surface area (Å²) in [5.41, 5.74) is 0. The smallest absolute Gasteiger partial charge is 0.0619 e. The molecule has 0 aromatic rings. The van der Waals surface area contributed by atoms with Crippen LogP contribution in [0, 0.1) is 11.8 Å². The molecule has 1 heterocycles. The number of hydrogen-bond acceptors (Lipinski definition) is 3. The Bertz CT molecular complexity index is 245. The Hall–Kier alpha value is -0.120. The highest BCUT2D eigenvalue weighted by atomic mass is 16.5. The average molecular weight is 270 g/mol. The zero-order valence-corrected chi connectivity index (χ0v) is 13.8. The van der Waals surface area contributed by atoms with Gasteiger partial charge in [-0.2, -0.15) is 0 Å². The molecule has 4 unspecified atom stereocenters. The summed E-state index contributed by atoms with van der Waals surface area (Å²) >= 11 is 0. The summed E-state index contributed by atoms with van der Waals surface area (Å²) in [5.74, 6) is 1.43. The number of hydrogen-bond donors (Lipinski definition) is 1. The van der Waals surface area contributed by atoms with Gasteiger partial charge in [-0.25, -0.2) is 0 Å². The summed E-state index contributed by atoms with van der Waals surface area (Å²) in [5, 5.41) is 3.76. The Kier molecular flexibility index (Phi) is 7.33. The van der Waals surface area contributed by atoms with Gasteiger partial charge < -0.3 is 10.1 Å². The predicted molar refractivity (Wildman–Crippen MR) is 82.5 cm³/mol. The van der Waals surface area contributed by atoms with E-state index in [-0.39, 0.29) is 0 Å². The monoisotopic (exact) mass is 270 g/mol. The molecule has 0 aromatic carbocycles. The number of ether oxygens (including phenoxy) is 1. The lowest BCUT2D eigenvalue weighted by Gasteiger charge is -2.46. The van der Waals surface area contributed by atoms with Crippen molar-refractivity contribution >= 4 is 0 Å². The molecule has 0 amide bonds. The van der Waals surface area contributed by atoms with Gasteiger partial charge in [0.1, 0.15) is 0 Å². The normalized spacial score (nSPS) is 28.6. The van der Waals surface area contributed by atoms with Gasteiger partial charge >= 0.3 is 0 Å². The molecule has 19 heavy (non-hydrogen) atoms. The first kappa shape index (κ1) is 16.9. The number of nitrogens with zero attached hydrogens (tertiary/aromatic N) is 1. The second-order valence-electron chi connectivity index (χ2n) is 6.42. The van der Waals surface area contributed by atoms with Crippen LogP contribution in [0.15, 0.2) is 0 Å². The minimum absolute atomic E-state index is 0.515. The van der Waals surface area contributed by atoms with Gasteiger partial charge in [-0.3, -0.25) is 4.90 Å². The maximum absolute atomic E-state index is 5.64. The molecule has 0 spiro atoms. The second-order valence-corrected chi connectivity index (χ2v) is 6.42. The lowest BCUT2D eigenvalue weighted by atomic mass is 9.91. The highest BCUT2D eigenvalue weighted by Gasteiger charge is 2.34. The molecule has 1 N–H and O–H groups in total. The predicted octanol–water partition coefficient (Wildman–Crippen LogP) is 2.76. The van der Waals surface area contributed by atoms with E-state index in [0.29, 0.717) is 24.0 Å². The largest absolute Gasteiger partial charge is 0.380 e.